The lowest BCUT2D eigenvalue weighted by molar-refractivity contribution is -0.142. The van der Waals surface area contributed by atoms with Crippen LogP contribution in [0, 0.1) is 12.8 Å². The van der Waals surface area contributed by atoms with Crippen LogP contribution in [0.2, 0.25) is 0 Å². The molecule has 0 aliphatic heterocycles. The van der Waals surface area contributed by atoms with Crippen molar-refractivity contribution in [2.75, 3.05) is 0 Å². The Labute approximate surface area is 145 Å². The SMILES string of the molecule is Cc1ccc(-c2nnn(CC(=O)NC3CCC(C(=O)O)CC3)n2)cc1. The van der Waals surface area contributed by atoms with E-state index in [9.17, 15) is 9.59 Å². The molecular formula is C17H21N5O3. The maximum atomic E-state index is 12.1. The second-order valence-electron chi connectivity index (χ2n) is 6.46. The first-order valence-electron chi connectivity index (χ1n) is 8.38. The van der Waals surface area contributed by atoms with Gasteiger partial charge in [-0.25, -0.2) is 0 Å². The maximum absolute atomic E-state index is 12.1. The highest BCUT2D eigenvalue weighted by molar-refractivity contribution is 5.76. The highest BCUT2D eigenvalue weighted by Crippen LogP contribution is 2.24. The normalized spacial score (nSPS) is 20.2. The van der Waals surface area contributed by atoms with Gasteiger partial charge in [-0.2, -0.15) is 4.80 Å². The second-order valence-corrected chi connectivity index (χ2v) is 6.46. The molecular weight excluding hydrogens is 322 g/mol. The minimum atomic E-state index is -0.750. The minimum Gasteiger partial charge on any atom is -0.481 e. The molecule has 2 aromatic rings. The average Bonchev–Trinajstić information content (AvgIpc) is 3.04. The number of benzene rings is 1. The van der Waals surface area contributed by atoms with Crippen LogP contribution in [0.1, 0.15) is 31.2 Å². The van der Waals surface area contributed by atoms with Gasteiger partial charge in [0.15, 0.2) is 0 Å². The Kier molecular flexibility index (Phi) is 5.06. The first-order valence-corrected chi connectivity index (χ1v) is 8.38. The molecule has 3 rings (SSSR count). The fourth-order valence-electron chi connectivity index (χ4n) is 3.01. The number of aromatic nitrogens is 4. The lowest BCUT2D eigenvalue weighted by Gasteiger charge is -2.26. The van der Waals surface area contributed by atoms with E-state index in [4.69, 9.17) is 5.11 Å². The van der Waals surface area contributed by atoms with Gasteiger partial charge in [-0.15, -0.1) is 10.2 Å². The van der Waals surface area contributed by atoms with Crippen molar-refractivity contribution in [2.24, 2.45) is 5.92 Å². The molecule has 1 saturated carbocycles. The Bertz CT molecular complexity index is 748. The van der Waals surface area contributed by atoms with Gasteiger partial charge >= 0.3 is 5.97 Å². The van der Waals surface area contributed by atoms with Gasteiger partial charge in [0.1, 0.15) is 6.54 Å². The first kappa shape index (κ1) is 17.1. The Morgan fingerprint density at radius 3 is 2.52 bits per heavy atom. The number of nitrogens with one attached hydrogen (secondary N) is 1. The van der Waals surface area contributed by atoms with Gasteiger partial charge in [0.05, 0.1) is 5.92 Å². The predicted molar refractivity (Wildman–Crippen MR) is 89.5 cm³/mol. The summed E-state index contributed by atoms with van der Waals surface area (Å²) in [4.78, 5) is 24.3. The summed E-state index contributed by atoms with van der Waals surface area (Å²) in [7, 11) is 0. The summed E-state index contributed by atoms with van der Waals surface area (Å²) in [5, 5.41) is 24.1. The summed E-state index contributed by atoms with van der Waals surface area (Å²) in [6.45, 7) is 2.00. The van der Waals surface area contributed by atoms with Crippen molar-refractivity contribution in [3.05, 3.63) is 29.8 Å². The van der Waals surface area contributed by atoms with Crippen LogP contribution >= 0.6 is 0 Å². The third-order valence-corrected chi connectivity index (χ3v) is 4.49. The van der Waals surface area contributed by atoms with Crippen molar-refractivity contribution in [2.45, 2.75) is 45.2 Å². The van der Waals surface area contributed by atoms with Crippen molar-refractivity contribution >= 4 is 11.9 Å². The molecule has 0 bridgehead atoms. The van der Waals surface area contributed by atoms with Gasteiger partial charge in [0, 0.05) is 11.6 Å². The van der Waals surface area contributed by atoms with Gasteiger partial charge in [0.25, 0.3) is 0 Å². The highest BCUT2D eigenvalue weighted by Gasteiger charge is 2.26. The smallest absolute Gasteiger partial charge is 0.306 e. The molecule has 1 amide bonds. The zero-order chi connectivity index (χ0) is 17.8. The number of rotatable bonds is 5. The van der Waals surface area contributed by atoms with E-state index in [0.29, 0.717) is 31.5 Å². The highest BCUT2D eigenvalue weighted by atomic mass is 16.4. The summed E-state index contributed by atoms with van der Waals surface area (Å²) >= 11 is 0. The number of carbonyl (C=O) groups excluding carboxylic acids is 1. The predicted octanol–water partition coefficient (Wildman–Crippen LogP) is 1.41. The quantitative estimate of drug-likeness (QED) is 0.849. The van der Waals surface area contributed by atoms with Crippen LogP contribution in [0.5, 0.6) is 0 Å². The Balaban J connectivity index is 1.52. The van der Waals surface area contributed by atoms with Gasteiger partial charge in [-0.1, -0.05) is 29.8 Å². The summed E-state index contributed by atoms with van der Waals surface area (Å²) < 4.78 is 0. The maximum Gasteiger partial charge on any atom is 0.306 e. The van der Waals surface area contributed by atoms with E-state index in [1.807, 2.05) is 31.2 Å². The fourth-order valence-corrected chi connectivity index (χ4v) is 3.01. The number of nitrogens with zero attached hydrogens (tertiary/aromatic N) is 4. The average molecular weight is 343 g/mol. The number of hydrogen-bond donors (Lipinski definition) is 2. The van der Waals surface area contributed by atoms with E-state index in [1.165, 1.54) is 4.80 Å². The summed E-state index contributed by atoms with van der Waals surface area (Å²) in [5.41, 5.74) is 2.00. The van der Waals surface area contributed by atoms with Crippen molar-refractivity contribution < 1.29 is 14.7 Å². The zero-order valence-electron chi connectivity index (χ0n) is 14.1. The number of amides is 1. The van der Waals surface area contributed by atoms with E-state index >= 15 is 0 Å². The number of tetrazole rings is 1. The Hall–Kier alpha value is -2.77. The topological polar surface area (TPSA) is 110 Å². The summed E-state index contributed by atoms with van der Waals surface area (Å²) in [5.74, 6) is -0.746. The molecule has 2 N–H and O–H groups in total. The lowest BCUT2D eigenvalue weighted by Crippen LogP contribution is -2.40. The van der Waals surface area contributed by atoms with E-state index in [2.05, 4.69) is 20.7 Å². The molecule has 132 valence electrons. The van der Waals surface area contributed by atoms with Crippen LogP contribution in [-0.2, 0) is 16.1 Å². The van der Waals surface area contributed by atoms with Crippen LogP contribution in [0.15, 0.2) is 24.3 Å². The molecule has 1 aliphatic rings. The van der Waals surface area contributed by atoms with Crippen LogP contribution in [0.4, 0.5) is 0 Å². The molecule has 0 atom stereocenters. The van der Waals surface area contributed by atoms with Crippen LogP contribution < -0.4 is 5.32 Å². The number of aliphatic carboxylic acids is 1. The molecule has 0 spiro atoms. The minimum absolute atomic E-state index is 0.00226. The summed E-state index contributed by atoms with van der Waals surface area (Å²) in [6.07, 6.45) is 2.56. The standard InChI is InChI=1S/C17H21N5O3/c1-11-2-4-12(5-3-11)16-19-21-22(20-16)10-15(23)18-14-8-6-13(7-9-14)17(24)25/h2-5,13-14H,6-10H2,1H3,(H,18,23)(H,24,25). The molecule has 0 radical (unpaired) electrons. The molecule has 0 unspecified atom stereocenters. The molecule has 8 nitrogen and oxygen atoms in total. The van der Waals surface area contributed by atoms with E-state index in [1.54, 1.807) is 0 Å². The summed E-state index contributed by atoms with van der Waals surface area (Å²) in [6, 6.07) is 7.78. The van der Waals surface area contributed by atoms with Gasteiger partial charge < -0.3 is 10.4 Å². The molecule has 8 heteroatoms. The van der Waals surface area contributed by atoms with E-state index < -0.39 is 5.97 Å². The van der Waals surface area contributed by atoms with Crippen molar-refractivity contribution in [1.82, 2.24) is 25.5 Å². The molecule has 1 fully saturated rings. The molecule has 1 aromatic heterocycles. The van der Waals surface area contributed by atoms with E-state index in [-0.39, 0.29) is 24.4 Å². The number of aryl methyl sites for hydroxylation is 1. The van der Waals surface area contributed by atoms with Crippen molar-refractivity contribution in [3.8, 4) is 11.4 Å². The monoisotopic (exact) mass is 343 g/mol. The van der Waals surface area contributed by atoms with Crippen LogP contribution in [-0.4, -0.2) is 43.2 Å². The largest absolute Gasteiger partial charge is 0.481 e. The third-order valence-electron chi connectivity index (χ3n) is 4.49. The van der Waals surface area contributed by atoms with Crippen LogP contribution in [0.3, 0.4) is 0 Å². The molecule has 0 saturated heterocycles. The number of carboxylic acids is 1. The first-order chi connectivity index (χ1) is 12.0. The number of carbonyl (C=O) groups is 2. The Morgan fingerprint density at radius 1 is 1.20 bits per heavy atom. The molecule has 1 heterocycles. The van der Waals surface area contributed by atoms with Gasteiger partial charge in [-0.3, -0.25) is 9.59 Å². The molecule has 1 aromatic carbocycles. The van der Waals surface area contributed by atoms with E-state index in [0.717, 1.165) is 11.1 Å². The zero-order valence-corrected chi connectivity index (χ0v) is 14.1. The molecule has 25 heavy (non-hydrogen) atoms. The lowest BCUT2D eigenvalue weighted by atomic mass is 9.86. The van der Waals surface area contributed by atoms with Crippen molar-refractivity contribution in [1.29, 1.82) is 0 Å². The fraction of sp³-hybridized carbons (Fsp3) is 0.471. The van der Waals surface area contributed by atoms with Gasteiger partial charge in [-0.05, 0) is 37.8 Å². The molecule has 1 aliphatic carbocycles. The number of hydrogen-bond acceptors (Lipinski definition) is 5. The van der Waals surface area contributed by atoms with Gasteiger partial charge in [0.2, 0.25) is 11.7 Å². The van der Waals surface area contributed by atoms with Crippen LogP contribution in [0.25, 0.3) is 11.4 Å². The number of carboxylic acid groups (broad SMARTS) is 1. The Morgan fingerprint density at radius 2 is 1.88 bits per heavy atom. The third kappa shape index (κ3) is 4.40. The second kappa shape index (κ2) is 7.42. The van der Waals surface area contributed by atoms with Crippen molar-refractivity contribution in [3.63, 3.8) is 0 Å².